The van der Waals surface area contributed by atoms with Crippen LogP contribution in [0.5, 0.6) is 0 Å². The number of aromatic nitrogens is 3. The Hall–Kier alpha value is -3.98. The predicted molar refractivity (Wildman–Crippen MR) is 115 cm³/mol. The van der Waals surface area contributed by atoms with Crippen molar-refractivity contribution in [2.45, 2.75) is 0 Å². The first-order valence-corrected chi connectivity index (χ1v) is 9.97. The number of hydrogen-bond acceptors (Lipinski definition) is 8. The molecule has 1 aromatic carbocycles. The Morgan fingerprint density at radius 3 is 2.71 bits per heavy atom. The second-order valence-electron chi connectivity index (χ2n) is 7.07. The fourth-order valence-electron chi connectivity index (χ4n) is 3.42. The summed E-state index contributed by atoms with van der Waals surface area (Å²) < 4.78 is 10.7. The van der Waals surface area contributed by atoms with Crippen molar-refractivity contribution in [2.75, 3.05) is 36.4 Å². The molecular weight excluding hydrogens is 396 g/mol. The molecule has 0 bridgehead atoms. The van der Waals surface area contributed by atoms with E-state index < -0.39 is 0 Å². The molecule has 0 spiro atoms. The van der Waals surface area contributed by atoms with Crippen LogP contribution in [0.1, 0.15) is 10.4 Å². The molecule has 0 atom stereocenters. The third kappa shape index (κ3) is 4.17. The zero-order valence-electron chi connectivity index (χ0n) is 16.6. The van der Waals surface area contributed by atoms with Crippen LogP contribution in [0.15, 0.2) is 69.8 Å². The number of anilines is 2. The first-order chi connectivity index (χ1) is 15.3. The van der Waals surface area contributed by atoms with E-state index in [1.54, 1.807) is 24.3 Å². The normalized spacial score (nSPS) is 13.9. The number of carbonyl (C=O) groups excluding carboxylic acids is 1. The van der Waals surface area contributed by atoms with Crippen molar-refractivity contribution < 1.29 is 13.6 Å². The molecule has 5 rings (SSSR count). The summed E-state index contributed by atoms with van der Waals surface area (Å²) in [5, 5.41) is 13.7. The topological polar surface area (TPSA) is 109 Å². The number of rotatable bonds is 5. The number of piperazine rings is 1. The first-order valence-electron chi connectivity index (χ1n) is 9.97. The molecule has 4 heterocycles. The molecule has 0 radical (unpaired) electrons. The second kappa shape index (κ2) is 8.41. The van der Waals surface area contributed by atoms with Crippen molar-refractivity contribution in [1.82, 2.24) is 20.5 Å². The average molecular weight is 416 g/mol. The fraction of sp³-hybridized carbons (Fsp3) is 0.182. The highest BCUT2D eigenvalue weighted by atomic mass is 16.4. The van der Waals surface area contributed by atoms with E-state index in [4.69, 9.17) is 8.83 Å². The van der Waals surface area contributed by atoms with Gasteiger partial charge in [0, 0.05) is 43.5 Å². The summed E-state index contributed by atoms with van der Waals surface area (Å²) in [5.74, 6) is 1.25. The summed E-state index contributed by atoms with van der Waals surface area (Å²) in [6, 6.07) is 14.8. The van der Waals surface area contributed by atoms with Crippen molar-refractivity contribution in [1.29, 1.82) is 0 Å². The molecule has 1 aliphatic rings. The molecule has 1 saturated heterocycles. The summed E-state index contributed by atoms with van der Waals surface area (Å²) in [5.41, 5.74) is 2.31. The minimum atomic E-state index is -0.345. The Bertz CT molecular complexity index is 1160. The Morgan fingerprint density at radius 1 is 1.03 bits per heavy atom. The van der Waals surface area contributed by atoms with Gasteiger partial charge in [-0.05, 0) is 42.0 Å². The van der Waals surface area contributed by atoms with Gasteiger partial charge >= 0.3 is 6.01 Å². The highest BCUT2D eigenvalue weighted by Crippen LogP contribution is 2.24. The van der Waals surface area contributed by atoms with Gasteiger partial charge in [-0.3, -0.25) is 10.1 Å². The fourth-order valence-corrected chi connectivity index (χ4v) is 3.42. The molecule has 4 aromatic rings. The molecule has 156 valence electrons. The molecule has 1 aliphatic heterocycles. The van der Waals surface area contributed by atoms with Crippen molar-refractivity contribution in [2.24, 2.45) is 0 Å². The summed E-state index contributed by atoms with van der Waals surface area (Å²) in [4.78, 5) is 19.5. The summed E-state index contributed by atoms with van der Waals surface area (Å²) >= 11 is 0. The molecule has 31 heavy (non-hydrogen) atoms. The van der Waals surface area contributed by atoms with Crippen LogP contribution in [-0.4, -0.2) is 47.3 Å². The van der Waals surface area contributed by atoms with Gasteiger partial charge in [-0.1, -0.05) is 17.2 Å². The van der Waals surface area contributed by atoms with Crippen LogP contribution in [0.2, 0.25) is 0 Å². The van der Waals surface area contributed by atoms with Crippen LogP contribution in [0.4, 0.5) is 11.8 Å². The van der Waals surface area contributed by atoms with Crippen LogP contribution < -0.4 is 15.5 Å². The molecule has 9 heteroatoms. The molecular formula is C22H20N6O3. The van der Waals surface area contributed by atoms with Gasteiger partial charge in [0.1, 0.15) is 5.82 Å². The van der Waals surface area contributed by atoms with Gasteiger partial charge in [0.25, 0.3) is 11.8 Å². The molecule has 0 unspecified atom stereocenters. The van der Waals surface area contributed by atoms with Gasteiger partial charge in [0.05, 0.1) is 6.26 Å². The van der Waals surface area contributed by atoms with Crippen LogP contribution in [0.25, 0.3) is 22.8 Å². The van der Waals surface area contributed by atoms with E-state index in [0.29, 0.717) is 11.3 Å². The lowest BCUT2D eigenvalue weighted by molar-refractivity contribution is 0.102. The first kappa shape index (κ1) is 19.0. The van der Waals surface area contributed by atoms with E-state index in [9.17, 15) is 4.79 Å². The third-order valence-corrected chi connectivity index (χ3v) is 5.02. The Kier molecular flexibility index (Phi) is 5.16. The number of benzene rings is 1. The molecule has 0 saturated carbocycles. The van der Waals surface area contributed by atoms with Gasteiger partial charge in [-0.2, -0.15) is 0 Å². The number of carbonyl (C=O) groups is 1. The SMILES string of the molecule is O=C(Nc1nnc(-c2ccco2)o1)c1cccc(-c2ccc(N3CCNCC3)nc2)c1. The minimum Gasteiger partial charge on any atom is -0.459 e. The monoisotopic (exact) mass is 416 g/mol. The maximum Gasteiger partial charge on any atom is 0.322 e. The molecule has 0 aliphatic carbocycles. The van der Waals surface area contributed by atoms with Gasteiger partial charge < -0.3 is 19.1 Å². The Balaban J connectivity index is 1.30. The summed E-state index contributed by atoms with van der Waals surface area (Å²) in [7, 11) is 0. The van der Waals surface area contributed by atoms with Crippen molar-refractivity contribution in [3.8, 4) is 22.8 Å². The van der Waals surface area contributed by atoms with E-state index in [0.717, 1.165) is 43.1 Å². The van der Waals surface area contributed by atoms with Crippen LogP contribution in [0, 0.1) is 0 Å². The molecule has 3 aromatic heterocycles. The lowest BCUT2D eigenvalue weighted by Gasteiger charge is -2.28. The molecule has 1 amide bonds. The van der Waals surface area contributed by atoms with E-state index in [2.05, 4.69) is 30.7 Å². The van der Waals surface area contributed by atoms with E-state index in [-0.39, 0.29) is 17.8 Å². The molecule has 1 fully saturated rings. The third-order valence-electron chi connectivity index (χ3n) is 5.02. The van der Waals surface area contributed by atoms with Crippen molar-refractivity contribution >= 4 is 17.7 Å². The van der Waals surface area contributed by atoms with Gasteiger partial charge in [-0.25, -0.2) is 4.98 Å². The van der Waals surface area contributed by atoms with Crippen LogP contribution in [0.3, 0.4) is 0 Å². The lowest BCUT2D eigenvalue weighted by atomic mass is 10.0. The second-order valence-corrected chi connectivity index (χ2v) is 7.07. The predicted octanol–water partition coefficient (Wildman–Crippen LogP) is 3.05. The summed E-state index contributed by atoms with van der Waals surface area (Å²) in [6.45, 7) is 3.81. The van der Waals surface area contributed by atoms with Crippen LogP contribution >= 0.6 is 0 Å². The zero-order chi connectivity index (χ0) is 21.0. The number of nitrogens with one attached hydrogen (secondary N) is 2. The minimum absolute atomic E-state index is 0.00356. The average Bonchev–Trinajstić information content (AvgIpc) is 3.52. The zero-order valence-corrected chi connectivity index (χ0v) is 16.6. The number of pyridine rings is 1. The van der Waals surface area contributed by atoms with E-state index >= 15 is 0 Å². The largest absolute Gasteiger partial charge is 0.459 e. The number of nitrogens with zero attached hydrogens (tertiary/aromatic N) is 4. The highest BCUT2D eigenvalue weighted by molar-refractivity contribution is 6.03. The smallest absolute Gasteiger partial charge is 0.322 e. The quantitative estimate of drug-likeness (QED) is 0.511. The summed E-state index contributed by atoms with van der Waals surface area (Å²) in [6.07, 6.45) is 3.34. The maximum atomic E-state index is 12.7. The van der Waals surface area contributed by atoms with Crippen LogP contribution in [-0.2, 0) is 0 Å². The Labute approximate surface area is 178 Å². The van der Waals surface area contributed by atoms with Gasteiger partial charge in [0.2, 0.25) is 0 Å². The van der Waals surface area contributed by atoms with Gasteiger partial charge in [-0.15, -0.1) is 5.10 Å². The molecule has 2 N–H and O–H groups in total. The number of hydrogen-bond donors (Lipinski definition) is 2. The van der Waals surface area contributed by atoms with E-state index in [1.807, 2.05) is 30.5 Å². The highest BCUT2D eigenvalue weighted by Gasteiger charge is 2.15. The van der Waals surface area contributed by atoms with Crippen molar-refractivity contribution in [3.63, 3.8) is 0 Å². The lowest BCUT2D eigenvalue weighted by Crippen LogP contribution is -2.43. The maximum absolute atomic E-state index is 12.7. The standard InChI is InChI=1S/C22H20N6O3/c29-20(25-22-27-26-21(31-22)18-5-2-12-30-18)16-4-1-3-15(13-16)17-6-7-19(24-14-17)28-10-8-23-9-11-28/h1-7,12-14,23H,8-11H2,(H,25,27,29). The number of furan rings is 1. The van der Waals surface area contributed by atoms with Crippen molar-refractivity contribution in [3.05, 3.63) is 66.6 Å². The number of amides is 1. The van der Waals surface area contributed by atoms with Gasteiger partial charge in [0.15, 0.2) is 5.76 Å². The van der Waals surface area contributed by atoms with E-state index in [1.165, 1.54) is 6.26 Å². The molecule has 9 nitrogen and oxygen atoms in total. The Morgan fingerprint density at radius 2 is 1.94 bits per heavy atom.